The summed E-state index contributed by atoms with van der Waals surface area (Å²) >= 11 is 0.819. The maximum atomic E-state index is 10.9. The number of anilines is 1. The third-order valence-corrected chi connectivity index (χ3v) is 1.87. The molecule has 2 N–H and O–H groups in total. The largest absolute Gasteiger partial charge is 0.700 e. The number of rotatable bonds is 0. The summed E-state index contributed by atoms with van der Waals surface area (Å²) in [4.78, 5) is 3.85. The Morgan fingerprint density at radius 1 is 1.55 bits per heavy atom. The van der Waals surface area contributed by atoms with Gasteiger partial charge in [-0.15, -0.1) is 0 Å². The second-order valence-electron chi connectivity index (χ2n) is 2.01. The lowest BCUT2D eigenvalue weighted by atomic mass is 10.4. The Balaban J connectivity index is 2.86. The lowest BCUT2D eigenvalue weighted by Crippen LogP contribution is -2.18. The highest BCUT2D eigenvalue weighted by atomic mass is 32.1. The average molecular weight is 168 g/mol. The second kappa shape index (κ2) is 2.03. The molecule has 2 heterocycles. The summed E-state index contributed by atoms with van der Waals surface area (Å²) in [6.45, 7) is 0. The summed E-state index contributed by atoms with van der Waals surface area (Å²) in [7, 11) is 0. The van der Waals surface area contributed by atoms with Crippen LogP contribution in [-0.2, 0) is 0 Å². The van der Waals surface area contributed by atoms with E-state index < -0.39 is 0 Å². The van der Waals surface area contributed by atoms with Gasteiger partial charge in [0.05, 0.1) is 0 Å². The minimum atomic E-state index is 0.378. The molecule has 2 aromatic heterocycles. The van der Waals surface area contributed by atoms with Crippen molar-refractivity contribution in [1.82, 2.24) is 9.36 Å². The van der Waals surface area contributed by atoms with Crippen molar-refractivity contribution >= 4 is 28.7 Å². The van der Waals surface area contributed by atoms with E-state index in [4.69, 9.17) is 5.73 Å². The molecular weight excluding hydrogens is 164 g/mol. The molecule has 0 atom stereocenters. The van der Waals surface area contributed by atoms with Crippen LogP contribution in [0.15, 0.2) is 12.1 Å². The van der Waals surface area contributed by atoms with E-state index in [0.29, 0.717) is 21.1 Å². The van der Waals surface area contributed by atoms with Crippen molar-refractivity contribution in [1.29, 1.82) is 0 Å². The number of fused-ring (bicyclic) bond motifs is 1. The molecule has 0 fully saturated rings. The molecule has 0 aliphatic heterocycles. The van der Waals surface area contributed by atoms with Crippen molar-refractivity contribution in [2.75, 3.05) is 5.73 Å². The van der Waals surface area contributed by atoms with Gasteiger partial charge in [-0.05, 0) is 12.1 Å². The Hall–Kier alpha value is -1.43. The van der Waals surface area contributed by atoms with Gasteiger partial charge < -0.3 is 10.9 Å². The summed E-state index contributed by atoms with van der Waals surface area (Å²) in [5.41, 5.74) is 6.24. The number of pyridine rings is 1. The fourth-order valence-electron chi connectivity index (χ4n) is 0.785. The molecule has 0 aromatic carbocycles. The minimum Gasteiger partial charge on any atom is -0.700 e. The molecule has 0 aliphatic rings. The molecule has 11 heavy (non-hydrogen) atoms. The van der Waals surface area contributed by atoms with Gasteiger partial charge in [0.1, 0.15) is 5.82 Å². The lowest BCUT2D eigenvalue weighted by Gasteiger charge is -1.91. The van der Waals surface area contributed by atoms with Crippen molar-refractivity contribution in [3.63, 3.8) is 0 Å². The van der Waals surface area contributed by atoms with Gasteiger partial charge in [0.15, 0.2) is 0 Å². The van der Waals surface area contributed by atoms with E-state index in [1.165, 1.54) is 0 Å². The Morgan fingerprint density at radius 2 is 2.36 bits per heavy atom. The first-order valence-corrected chi connectivity index (χ1v) is 3.62. The number of hydrogen-bond acceptors (Lipinski definition) is 5. The molecule has 0 aliphatic carbocycles. The van der Waals surface area contributed by atoms with Gasteiger partial charge in [0, 0.05) is 4.37 Å². The summed E-state index contributed by atoms with van der Waals surface area (Å²) in [5.74, 6) is 0.378. The van der Waals surface area contributed by atoms with Gasteiger partial charge >= 0.3 is 5.65 Å². The van der Waals surface area contributed by atoms with E-state index >= 15 is 0 Å². The molecule has 2 aromatic rings. The molecule has 56 valence electrons. The number of nitrogens with zero attached hydrogens (tertiary/aromatic N) is 3. The Bertz CT molecular complexity index is 398. The average Bonchev–Trinajstić information content (AvgIpc) is 2.32. The van der Waals surface area contributed by atoms with Gasteiger partial charge in [-0.1, -0.05) is 0 Å². The fourth-order valence-corrected chi connectivity index (χ4v) is 1.30. The first-order chi connectivity index (χ1) is 5.27. The Kier molecular flexibility index (Phi) is 1.16. The Morgan fingerprint density at radius 3 is 3.18 bits per heavy atom. The van der Waals surface area contributed by atoms with Crippen LogP contribution in [0.3, 0.4) is 0 Å². The van der Waals surface area contributed by atoms with E-state index in [1.807, 2.05) is 0 Å². The van der Waals surface area contributed by atoms with Crippen molar-refractivity contribution in [2.45, 2.75) is 0 Å². The van der Waals surface area contributed by atoms with Crippen molar-refractivity contribution in [3.05, 3.63) is 17.3 Å². The molecule has 6 heteroatoms. The van der Waals surface area contributed by atoms with E-state index in [9.17, 15) is 5.21 Å². The monoisotopic (exact) mass is 168 g/mol. The van der Waals surface area contributed by atoms with Crippen LogP contribution in [0.1, 0.15) is 0 Å². The number of nitrogen functional groups attached to an aromatic ring is 1. The smallest absolute Gasteiger partial charge is 0.331 e. The van der Waals surface area contributed by atoms with Gasteiger partial charge in [0.2, 0.25) is 5.52 Å². The predicted molar refractivity (Wildman–Crippen MR) is 40.8 cm³/mol. The molecule has 2 rings (SSSR count). The number of aromatic nitrogens is 3. The molecule has 0 amide bonds. The van der Waals surface area contributed by atoms with Gasteiger partial charge in [-0.25, -0.2) is 0 Å². The quantitative estimate of drug-likeness (QED) is 0.440. The van der Waals surface area contributed by atoms with E-state index in [1.54, 1.807) is 12.1 Å². The van der Waals surface area contributed by atoms with Crippen molar-refractivity contribution < 1.29 is 4.12 Å². The molecule has 0 bridgehead atoms. The molecule has 0 spiro atoms. The van der Waals surface area contributed by atoms with Crippen LogP contribution in [0.4, 0.5) is 5.82 Å². The van der Waals surface area contributed by atoms with E-state index in [0.717, 1.165) is 11.7 Å². The van der Waals surface area contributed by atoms with Crippen LogP contribution in [0.2, 0.25) is 0 Å². The third kappa shape index (κ3) is 0.874. The van der Waals surface area contributed by atoms with Crippen LogP contribution >= 0.6 is 11.7 Å². The summed E-state index contributed by atoms with van der Waals surface area (Å²) in [5, 5.41) is 10.9. The van der Waals surface area contributed by atoms with Crippen LogP contribution in [0.25, 0.3) is 11.2 Å². The maximum absolute atomic E-state index is 10.9. The molecular formula is C5H4N4OS. The van der Waals surface area contributed by atoms with Crippen LogP contribution < -0.4 is 9.85 Å². The summed E-state index contributed by atoms with van der Waals surface area (Å²) < 4.78 is 4.48. The highest BCUT2D eigenvalue weighted by Gasteiger charge is 2.09. The zero-order valence-electron chi connectivity index (χ0n) is 5.39. The van der Waals surface area contributed by atoms with Crippen molar-refractivity contribution in [3.8, 4) is 0 Å². The topological polar surface area (TPSA) is 78.7 Å². The van der Waals surface area contributed by atoms with Crippen LogP contribution in [0, 0.1) is 5.21 Å². The maximum Gasteiger partial charge on any atom is 0.331 e. The zero-order chi connectivity index (χ0) is 7.84. The van der Waals surface area contributed by atoms with Gasteiger partial charge in [-0.2, -0.15) is 9.10 Å². The van der Waals surface area contributed by atoms with Gasteiger partial charge in [0.25, 0.3) is 11.7 Å². The standard InChI is InChI=1S/C5H4N4OS/c6-4-2-1-3-5(7-4)8-11-9(3)10/h1-2H,(H2,6,7,8). The first kappa shape index (κ1) is 6.29. The van der Waals surface area contributed by atoms with Gasteiger partial charge in [-0.3, -0.25) is 0 Å². The molecule has 0 saturated carbocycles. The Labute approximate surface area is 66.0 Å². The SMILES string of the molecule is Nc1ccc2c(ns[n+]2[O-])n1. The minimum absolute atomic E-state index is 0.378. The molecule has 0 saturated heterocycles. The molecule has 0 radical (unpaired) electrons. The van der Waals surface area contributed by atoms with Crippen LogP contribution in [-0.4, -0.2) is 9.36 Å². The number of nitrogens with two attached hydrogens (primary N) is 1. The van der Waals surface area contributed by atoms with E-state index in [-0.39, 0.29) is 0 Å². The fraction of sp³-hybridized carbons (Fsp3) is 0. The number of hydrogen-bond donors (Lipinski definition) is 1. The third-order valence-electron chi connectivity index (χ3n) is 1.27. The van der Waals surface area contributed by atoms with Crippen molar-refractivity contribution in [2.24, 2.45) is 0 Å². The summed E-state index contributed by atoms with van der Waals surface area (Å²) in [6, 6.07) is 3.18. The normalized spacial score (nSPS) is 10.5. The zero-order valence-corrected chi connectivity index (χ0v) is 6.21. The lowest BCUT2D eigenvalue weighted by molar-refractivity contribution is -0.500. The highest BCUT2D eigenvalue weighted by Crippen LogP contribution is 2.07. The molecule has 0 unspecified atom stereocenters. The summed E-state index contributed by atoms with van der Waals surface area (Å²) in [6.07, 6.45) is 0. The first-order valence-electron chi connectivity index (χ1n) is 2.89. The second-order valence-corrected chi connectivity index (χ2v) is 2.69. The van der Waals surface area contributed by atoms with Crippen LogP contribution in [0.5, 0.6) is 0 Å². The molecule has 5 nitrogen and oxygen atoms in total. The van der Waals surface area contributed by atoms with E-state index in [2.05, 4.69) is 9.36 Å². The predicted octanol–water partition coefficient (Wildman–Crippen LogP) is -0.0931. The highest BCUT2D eigenvalue weighted by molar-refractivity contribution is 6.95.